The Kier molecular flexibility index (Phi) is 4.77. The zero-order chi connectivity index (χ0) is 13.8. The van der Waals surface area contributed by atoms with Crippen molar-refractivity contribution in [1.29, 1.82) is 0 Å². The molecule has 0 radical (unpaired) electrons. The molecule has 0 aromatic heterocycles. The van der Waals surface area contributed by atoms with Gasteiger partial charge in [0.15, 0.2) is 0 Å². The fourth-order valence-electron chi connectivity index (χ4n) is 2.72. The Labute approximate surface area is 114 Å². The van der Waals surface area contributed by atoms with E-state index in [1.165, 1.54) is 6.07 Å². The normalized spacial score (nSPS) is 23.6. The molecule has 0 amide bonds. The topological polar surface area (TPSA) is 38.5 Å². The number of nitrogens with two attached hydrogens (primary N) is 1. The van der Waals surface area contributed by atoms with Gasteiger partial charge in [-0.25, -0.2) is 4.39 Å². The number of rotatable bonds is 4. The Morgan fingerprint density at radius 3 is 2.58 bits per heavy atom. The van der Waals surface area contributed by atoms with Crippen molar-refractivity contribution in [3.63, 3.8) is 0 Å². The average Bonchev–Trinajstić information content (AvgIpc) is 2.41. The first-order valence-electron chi connectivity index (χ1n) is 6.88. The van der Waals surface area contributed by atoms with Gasteiger partial charge < -0.3 is 10.5 Å². The van der Waals surface area contributed by atoms with Gasteiger partial charge >= 0.3 is 0 Å². The number of nitrogens with zero attached hydrogens (tertiary/aromatic N) is 1. The predicted octanol–water partition coefficient (Wildman–Crippen LogP) is 2.54. The molecule has 0 spiro atoms. The molecule has 0 heterocycles. The Morgan fingerprint density at radius 1 is 1.32 bits per heavy atom. The summed E-state index contributed by atoms with van der Waals surface area (Å²) >= 11 is 0. The molecule has 3 nitrogen and oxygen atoms in total. The summed E-state index contributed by atoms with van der Waals surface area (Å²) in [7, 11) is 3.61. The van der Waals surface area contributed by atoms with Crippen LogP contribution < -0.4 is 10.5 Å². The van der Waals surface area contributed by atoms with E-state index in [1.807, 2.05) is 6.07 Å². The summed E-state index contributed by atoms with van der Waals surface area (Å²) in [6, 6.07) is 5.92. The van der Waals surface area contributed by atoms with Crippen molar-refractivity contribution < 1.29 is 9.13 Å². The Balaban J connectivity index is 1.96. The van der Waals surface area contributed by atoms with E-state index in [-0.39, 0.29) is 5.82 Å². The van der Waals surface area contributed by atoms with Crippen LogP contribution in [0, 0.1) is 5.82 Å². The maximum atomic E-state index is 13.9. The van der Waals surface area contributed by atoms with E-state index in [4.69, 9.17) is 10.5 Å². The Bertz CT molecular complexity index is 417. The van der Waals surface area contributed by atoms with Gasteiger partial charge in [0.2, 0.25) is 0 Å². The predicted molar refractivity (Wildman–Crippen MR) is 74.7 cm³/mol. The zero-order valence-electron chi connectivity index (χ0n) is 11.7. The van der Waals surface area contributed by atoms with Crippen LogP contribution in [-0.2, 0) is 6.54 Å². The van der Waals surface area contributed by atoms with Gasteiger partial charge in [-0.15, -0.1) is 0 Å². The number of hydrogen-bond acceptors (Lipinski definition) is 3. The van der Waals surface area contributed by atoms with Crippen molar-refractivity contribution in [2.45, 2.75) is 44.3 Å². The number of halogens is 1. The van der Waals surface area contributed by atoms with Crippen LogP contribution in [0.4, 0.5) is 4.39 Å². The number of hydrogen-bond donors (Lipinski definition) is 1. The van der Waals surface area contributed by atoms with E-state index in [1.54, 1.807) is 13.2 Å². The molecule has 0 saturated heterocycles. The highest BCUT2D eigenvalue weighted by Gasteiger charge is 2.22. The average molecular weight is 266 g/mol. The van der Waals surface area contributed by atoms with Crippen LogP contribution in [-0.4, -0.2) is 31.1 Å². The van der Waals surface area contributed by atoms with Gasteiger partial charge in [0.1, 0.15) is 11.6 Å². The standard InChI is InChI=1S/C15H23FN2O/c1-18(13-6-4-12(17)5-7-13)10-11-3-8-14(19-2)9-15(11)16/h3,8-9,12-13H,4-7,10,17H2,1-2H3. The van der Waals surface area contributed by atoms with Crippen LogP contribution in [0.3, 0.4) is 0 Å². The smallest absolute Gasteiger partial charge is 0.131 e. The quantitative estimate of drug-likeness (QED) is 0.910. The summed E-state index contributed by atoms with van der Waals surface area (Å²) in [5, 5.41) is 0. The van der Waals surface area contributed by atoms with Gasteiger partial charge in [0, 0.05) is 30.3 Å². The van der Waals surface area contributed by atoms with Crippen LogP contribution in [0.25, 0.3) is 0 Å². The van der Waals surface area contributed by atoms with Crippen molar-refractivity contribution in [1.82, 2.24) is 4.90 Å². The van der Waals surface area contributed by atoms with Gasteiger partial charge in [-0.1, -0.05) is 6.07 Å². The molecule has 106 valence electrons. The van der Waals surface area contributed by atoms with Gasteiger partial charge in [0.25, 0.3) is 0 Å². The highest BCUT2D eigenvalue weighted by Crippen LogP contribution is 2.24. The van der Waals surface area contributed by atoms with E-state index >= 15 is 0 Å². The van der Waals surface area contributed by atoms with E-state index in [2.05, 4.69) is 11.9 Å². The zero-order valence-corrected chi connectivity index (χ0v) is 11.7. The molecular formula is C15H23FN2O. The molecule has 1 aliphatic rings. The molecule has 1 fully saturated rings. The molecule has 0 unspecified atom stereocenters. The van der Waals surface area contributed by atoms with Crippen molar-refractivity contribution in [2.24, 2.45) is 5.73 Å². The minimum Gasteiger partial charge on any atom is -0.497 e. The lowest BCUT2D eigenvalue weighted by atomic mass is 9.91. The first-order chi connectivity index (χ1) is 9.10. The second-order valence-corrected chi connectivity index (χ2v) is 5.44. The molecule has 1 aromatic carbocycles. The minimum absolute atomic E-state index is 0.196. The van der Waals surface area contributed by atoms with Crippen molar-refractivity contribution >= 4 is 0 Å². The molecule has 1 saturated carbocycles. The third-order valence-corrected chi connectivity index (χ3v) is 4.04. The fourth-order valence-corrected chi connectivity index (χ4v) is 2.72. The monoisotopic (exact) mass is 266 g/mol. The van der Waals surface area contributed by atoms with Crippen molar-refractivity contribution in [3.05, 3.63) is 29.6 Å². The molecular weight excluding hydrogens is 243 g/mol. The van der Waals surface area contributed by atoms with Crippen LogP contribution >= 0.6 is 0 Å². The third kappa shape index (κ3) is 3.67. The second-order valence-electron chi connectivity index (χ2n) is 5.44. The first kappa shape index (κ1) is 14.3. The first-order valence-corrected chi connectivity index (χ1v) is 6.88. The van der Waals surface area contributed by atoms with E-state index < -0.39 is 0 Å². The van der Waals surface area contributed by atoms with Gasteiger partial charge in [-0.2, -0.15) is 0 Å². The molecule has 0 atom stereocenters. The molecule has 2 rings (SSSR count). The third-order valence-electron chi connectivity index (χ3n) is 4.04. The fraction of sp³-hybridized carbons (Fsp3) is 0.600. The molecule has 4 heteroatoms. The van der Waals surface area contributed by atoms with Crippen LogP contribution in [0.1, 0.15) is 31.2 Å². The summed E-state index contributed by atoms with van der Waals surface area (Å²) < 4.78 is 18.9. The van der Waals surface area contributed by atoms with Gasteiger partial charge in [-0.05, 0) is 38.8 Å². The summed E-state index contributed by atoms with van der Waals surface area (Å²) in [5.41, 5.74) is 6.63. The molecule has 0 bridgehead atoms. The lowest BCUT2D eigenvalue weighted by Crippen LogP contribution is -2.38. The summed E-state index contributed by atoms with van der Waals surface area (Å²) in [6.45, 7) is 0.635. The maximum absolute atomic E-state index is 13.9. The van der Waals surface area contributed by atoms with Gasteiger partial charge in [0.05, 0.1) is 7.11 Å². The largest absolute Gasteiger partial charge is 0.497 e. The summed E-state index contributed by atoms with van der Waals surface area (Å²) in [6.07, 6.45) is 4.35. The molecule has 19 heavy (non-hydrogen) atoms. The molecule has 2 N–H and O–H groups in total. The SMILES string of the molecule is COc1ccc(CN(C)C2CCC(N)CC2)c(F)c1. The lowest BCUT2D eigenvalue weighted by molar-refractivity contribution is 0.174. The van der Waals surface area contributed by atoms with Crippen LogP contribution in [0.2, 0.25) is 0 Å². The summed E-state index contributed by atoms with van der Waals surface area (Å²) in [5.74, 6) is 0.367. The highest BCUT2D eigenvalue weighted by atomic mass is 19.1. The Hall–Kier alpha value is -1.13. The Morgan fingerprint density at radius 2 is 2.00 bits per heavy atom. The molecule has 1 aromatic rings. The highest BCUT2D eigenvalue weighted by molar-refractivity contribution is 5.28. The number of benzene rings is 1. The number of methoxy groups -OCH3 is 1. The minimum atomic E-state index is -0.196. The maximum Gasteiger partial charge on any atom is 0.131 e. The van der Waals surface area contributed by atoms with E-state index in [0.717, 1.165) is 31.2 Å². The van der Waals surface area contributed by atoms with E-state index in [9.17, 15) is 4.39 Å². The number of ether oxygens (including phenoxy) is 1. The van der Waals surface area contributed by atoms with Crippen molar-refractivity contribution in [2.75, 3.05) is 14.2 Å². The lowest BCUT2D eigenvalue weighted by Gasteiger charge is -2.33. The second kappa shape index (κ2) is 6.35. The van der Waals surface area contributed by atoms with Crippen LogP contribution in [0.15, 0.2) is 18.2 Å². The summed E-state index contributed by atoms with van der Waals surface area (Å²) in [4.78, 5) is 2.23. The van der Waals surface area contributed by atoms with E-state index in [0.29, 0.717) is 24.4 Å². The van der Waals surface area contributed by atoms with Crippen molar-refractivity contribution in [3.8, 4) is 5.75 Å². The van der Waals surface area contributed by atoms with Gasteiger partial charge in [-0.3, -0.25) is 4.90 Å². The molecule has 0 aliphatic heterocycles. The van der Waals surface area contributed by atoms with Crippen LogP contribution in [0.5, 0.6) is 5.75 Å². The molecule has 1 aliphatic carbocycles.